The number of fused-ring (bicyclic) bond motifs is 1. The van der Waals surface area contributed by atoms with Crippen LogP contribution in [-0.4, -0.2) is 21.0 Å². The van der Waals surface area contributed by atoms with Crippen LogP contribution in [0.2, 0.25) is 0 Å². The van der Waals surface area contributed by atoms with Gasteiger partial charge in [-0.2, -0.15) is 4.98 Å². The van der Waals surface area contributed by atoms with Gasteiger partial charge in [0.05, 0.1) is 5.69 Å². The Hall–Kier alpha value is -2.54. The first kappa shape index (κ1) is 14.1. The van der Waals surface area contributed by atoms with E-state index in [4.69, 9.17) is 4.52 Å². The fourth-order valence-corrected chi connectivity index (χ4v) is 3.64. The van der Waals surface area contributed by atoms with Crippen molar-refractivity contribution < 1.29 is 9.32 Å². The number of aryl methyl sites for hydroxylation is 3. The van der Waals surface area contributed by atoms with Crippen LogP contribution in [0.25, 0.3) is 11.5 Å². The van der Waals surface area contributed by atoms with Gasteiger partial charge in [-0.3, -0.25) is 10.1 Å². The maximum atomic E-state index is 12.3. The van der Waals surface area contributed by atoms with E-state index in [1.807, 2.05) is 0 Å². The lowest BCUT2D eigenvalue weighted by Gasteiger charge is -2.02. The summed E-state index contributed by atoms with van der Waals surface area (Å²) >= 11 is 1.57. The van der Waals surface area contributed by atoms with Gasteiger partial charge in [-0.05, 0) is 50.5 Å². The van der Waals surface area contributed by atoms with Crippen molar-refractivity contribution in [2.75, 3.05) is 5.32 Å². The summed E-state index contributed by atoms with van der Waals surface area (Å²) in [4.78, 5) is 22.2. The fraction of sp³-hybridized carbons (Fsp3) is 0.250. The van der Waals surface area contributed by atoms with Crippen LogP contribution in [0.5, 0.6) is 0 Å². The highest BCUT2D eigenvalue weighted by atomic mass is 32.1. The van der Waals surface area contributed by atoms with E-state index in [9.17, 15) is 4.79 Å². The average molecular weight is 326 g/mol. The van der Waals surface area contributed by atoms with Crippen LogP contribution in [0.15, 0.2) is 28.8 Å². The molecule has 0 spiro atoms. The Morgan fingerprint density at radius 2 is 2.04 bits per heavy atom. The smallest absolute Gasteiger partial charge is 0.257 e. The number of carbonyl (C=O) groups excluding carboxylic acids is 1. The minimum atomic E-state index is -0.161. The summed E-state index contributed by atoms with van der Waals surface area (Å²) in [5.41, 5.74) is 2.49. The number of anilines is 1. The molecule has 1 aliphatic rings. The highest BCUT2D eigenvalue weighted by Crippen LogP contribution is 2.30. The highest BCUT2D eigenvalue weighted by Gasteiger charge is 2.18. The Balaban J connectivity index is 1.49. The van der Waals surface area contributed by atoms with Gasteiger partial charge in [0.1, 0.15) is 0 Å². The molecule has 6 nitrogen and oxygen atoms in total. The Bertz CT molecular complexity index is 845. The Kier molecular flexibility index (Phi) is 3.42. The van der Waals surface area contributed by atoms with Crippen molar-refractivity contribution in [1.29, 1.82) is 0 Å². The van der Waals surface area contributed by atoms with Crippen LogP contribution in [0.3, 0.4) is 0 Å². The van der Waals surface area contributed by atoms with E-state index in [0.717, 1.165) is 24.1 Å². The first-order chi connectivity index (χ1) is 11.2. The van der Waals surface area contributed by atoms with Gasteiger partial charge in [0.15, 0.2) is 11.0 Å². The zero-order chi connectivity index (χ0) is 15.8. The molecular weight excluding hydrogens is 312 g/mol. The highest BCUT2D eigenvalue weighted by molar-refractivity contribution is 7.15. The van der Waals surface area contributed by atoms with Crippen molar-refractivity contribution in [2.24, 2.45) is 0 Å². The number of hydrogen-bond acceptors (Lipinski definition) is 6. The van der Waals surface area contributed by atoms with Crippen LogP contribution >= 0.6 is 11.3 Å². The number of rotatable bonds is 3. The minimum Gasteiger partial charge on any atom is -0.334 e. The van der Waals surface area contributed by atoms with Crippen molar-refractivity contribution in [3.8, 4) is 11.5 Å². The van der Waals surface area contributed by atoms with Crippen molar-refractivity contribution in [2.45, 2.75) is 26.2 Å². The van der Waals surface area contributed by atoms with E-state index < -0.39 is 0 Å². The number of hydrogen-bond donors (Lipinski definition) is 1. The summed E-state index contributed by atoms with van der Waals surface area (Å²) in [5, 5.41) is 7.30. The molecule has 1 N–H and O–H groups in total. The second-order valence-electron chi connectivity index (χ2n) is 5.42. The molecule has 1 aromatic carbocycles. The Labute approximate surface area is 136 Å². The molecule has 0 aliphatic heterocycles. The second kappa shape index (κ2) is 5.58. The molecule has 23 heavy (non-hydrogen) atoms. The molecule has 0 bridgehead atoms. The minimum absolute atomic E-state index is 0.161. The lowest BCUT2D eigenvalue weighted by atomic mass is 10.1. The Morgan fingerprint density at radius 1 is 1.22 bits per heavy atom. The van der Waals surface area contributed by atoms with Gasteiger partial charge in [-0.15, -0.1) is 11.3 Å². The van der Waals surface area contributed by atoms with Gasteiger partial charge in [0, 0.05) is 16.0 Å². The van der Waals surface area contributed by atoms with Crippen molar-refractivity contribution in [3.05, 3.63) is 46.2 Å². The quantitative estimate of drug-likeness (QED) is 0.799. The third kappa shape index (κ3) is 2.75. The van der Waals surface area contributed by atoms with E-state index >= 15 is 0 Å². The second-order valence-corrected chi connectivity index (χ2v) is 6.50. The van der Waals surface area contributed by atoms with E-state index in [1.165, 1.54) is 11.3 Å². The number of aromatic nitrogens is 3. The van der Waals surface area contributed by atoms with E-state index in [0.29, 0.717) is 22.4 Å². The van der Waals surface area contributed by atoms with Crippen molar-refractivity contribution in [1.82, 2.24) is 15.1 Å². The fourth-order valence-electron chi connectivity index (χ4n) is 2.59. The summed E-state index contributed by atoms with van der Waals surface area (Å²) in [6, 6.07) is 7.07. The standard InChI is InChI=1S/C16H14N4O2S/c1-9-17-15(22-20-9)11-7-5-10(6-8-11)14(21)19-16-18-12-3-2-4-13(12)23-16/h5-8H,2-4H2,1H3,(H,18,19,21). The van der Waals surface area contributed by atoms with Gasteiger partial charge in [0.25, 0.3) is 11.8 Å². The third-order valence-corrected chi connectivity index (χ3v) is 4.81. The summed E-state index contributed by atoms with van der Waals surface area (Å²) in [6.07, 6.45) is 3.25. The summed E-state index contributed by atoms with van der Waals surface area (Å²) in [6.45, 7) is 1.76. The van der Waals surface area contributed by atoms with Gasteiger partial charge in [-0.25, -0.2) is 4.98 Å². The largest absolute Gasteiger partial charge is 0.334 e. The van der Waals surface area contributed by atoms with Crippen LogP contribution in [0.4, 0.5) is 5.13 Å². The molecule has 2 aromatic heterocycles. The number of nitrogens with one attached hydrogen (secondary N) is 1. The number of benzene rings is 1. The molecule has 0 atom stereocenters. The average Bonchev–Trinajstić information content (AvgIpc) is 3.23. The SMILES string of the molecule is Cc1noc(-c2ccc(C(=O)Nc3nc4c(s3)CCC4)cc2)n1. The van der Waals surface area contributed by atoms with Gasteiger partial charge in [-0.1, -0.05) is 5.16 Å². The van der Waals surface area contributed by atoms with Gasteiger partial charge >= 0.3 is 0 Å². The molecule has 116 valence electrons. The van der Waals surface area contributed by atoms with Gasteiger partial charge in [0.2, 0.25) is 0 Å². The molecule has 1 aliphatic carbocycles. The molecule has 0 radical (unpaired) electrons. The molecule has 0 saturated carbocycles. The number of thiazole rings is 1. The molecule has 2 heterocycles. The van der Waals surface area contributed by atoms with Crippen LogP contribution in [0, 0.1) is 6.92 Å². The van der Waals surface area contributed by atoms with Crippen molar-refractivity contribution in [3.63, 3.8) is 0 Å². The summed E-state index contributed by atoms with van der Waals surface area (Å²) < 4.78 is 5.11. The molecule has 3 aromatic rings. The first-order valence-electron chi connectivity index (χ1n) is 7.40. The molecule has 0 fully saturated rings. The summed E-state index contributed by atoms with van der Waals surface area (Å²) in [7, 11) is 0. The predicted molar refractivity (Wildman–Crippen MR) is 86.6 cm³/mol. The van der Waals surface area contributed by atoms with Gasteiger partial charge < -0.3 is 4.52 Å². The predicted octanol–water partition coefficient (Wildman–Crippen LogP) is 3.24. The molecule has 1 amide bonds. The van der Waals surface area contributed by atoms with E-state index in [2.05, 4.69) is 20.4 Å². The first-order valence-corrected chi connectivity index (χ1v) is 8.21. The number of amides is 1. The van der Waals surface area contributed by atoms with Crippen molar-refractivity contribution >= 4 is 22.4 Å². The molecular formula is C16H14N4O2S. The lowest BCUT2D eigenvalue weighted by Crippen LogP contribution is -2.11. The number of nitrogens with zero attached hydrogens (tertiary/aromatic N) is 3. The van der Waals surface area contributed by atoms with Crippen LogP contribution < -0.4 is 5.32 Å². The molecule has 4 rings (SSSR count). The van der Waals surface area contributed by atoms with Crippen LogP contribution in [-0.2, 0) is 12.8 Å². The number of carbonyl (C=O) groups is 1. The molecule has 7 heteroatoms. The third-order valence-electron chi connectivity index (χ3n) is 3.74. The lowest BCUT2D eigenvalue weighted by molar-refractivity contribution is 0.102. The van der Waals surface area contributed by atoms with E-state index in [1.54, 1.807) is 42.5 Å². The van der Waals surface area contributed by atoms with E-state index in [-0.39, 0.29) is 5.91 Å². The summed E-state index contributed by atoms with van der Waals surface area (Å²) in [5.74, 6) is 0.870. The molecule has 0 unspecified atom stereocenters. The zero-order valence-corrected chi connectivity index (χ0v) is 13.3. The monoisotopic (exact) mass is 326 g/mol. The zero-order valence-electron chi connectivity index (χ0n) is 12.5. The molecule has 0 saturated heterocycles. The normalized spacial score (nSPS) is 13.1. The topological polar surface area (TPSA) is 80.9 Å². The Morgan fingerprint density at radius 3 is 2.74 bits per heavy atom. The maximum absolute atomic E-state index is 12.3. The van der Waals surface area contributed by atoms with Crippen LogP contribution in [0.1, 0.15) is 33.2 Å². The maximum Gasteiger partial charge on any atom is 0.257 e.